The Hall–Kier alpha value is -2.00. The lowest BCUT2D eigenvalue weighted by Crippen LogP contribution is -2.55. The second-order valence-corrected chi connectivity index (χ2v) is 8.50. The highest BCUT2D eigenvalue weighted by atomic mass is 35.5. The second-order valence-electron chi connectivity index (χ2n) is 8.06. The Bertz CT molecular complexity index is 871. The van der Waals surface area contributed by atoms with Gasteiger partial charge in [-0.15, -0.1) is 0 Å². The number of halogens is 1. The van der Waals surface area contributed by atoms with Crippen LogP contribution in [0.2, 0.25) is 5.02 Å². The smallest absolute Gasteiger partial charge is 0.198 e. The van der Waals surface area contributed by atoms with E-state index in [9.17, 15) is 0 Å². The maximum Gasteiger partial charge on any atom is 0.198 e. The van der Waals surface area contributed by atoms with Crippen LogP contribution in [0.25, 0.3) is 0 Å². The topological polar surface area (TPSA) is 24.8 Å². The Labute approximate surface area is 166 Å². The van der Waals surface area contributed by atoms with Crippen molar-refractivity contribution < 1.29 is 4.74 Å². The molecule has 4 heteroatoms. The molecule has 0 N–H and O–H groups in total. The normalized spacial score (nSPS) is 29.1. The zero-order chi connectivity index (χ0) is 18.4. The van der Waals surface area contributed by atoms with Crippen LogP contribution in [0, 0.1) is 5.92 Å². The highest BCUT2D eigenvalue weighted by Gasteiger charge is 2.51. The summed E-state index contributed by atoms with van der Waals surface area (Å²) in [6.45, 7) is 2.30. The highest BCUT2D eigenvalue weighted by Crippen LogP contribution is 2.52. The Morgan fingerprint density at radius 3 is 2.67 bits per heavy atom. The lowest BCUT2D eigenvalue weighted by molar-refractivity contribution is -0.146. The van der Waals surface area contributed by atoms with E-state index in [2.05, 4.69) is 48.3 Å². The van der Waals surface area contributed by atoms with Gasteiger partial charge in [-0.3, -0.25) is 0 Å². The van der Waals surface area contributed by atoms with Crippen molar-refractivity contribution in [3.8, 4) is 5.75 Å². The van der Waals surface area contributed by atoms with Gasteiger partial charge < -0.3 is 4.74 Å². The molecule has 1 unspecified atom stereocenters. The van der Waals surface area contributed by atoms with Crippen LogP contribution in [0.5, 0.6) is 5.75 Å². The quantitative estimate of drug-likeness (QED) is 0.621. The van der Waals surface area contributed by atoms with Crippen LogP contribution < -0.4 is 4.74 Å². The zero-order valence-electron chi connectivity index (χ0n) is 15.7. The van der Waals surface area contributed by atoms with Crippen molar-refractivity contribution >= 4 is 17.3 Å². The van der Waals surface area contributed by atoms with Gasteiger partial charge in [-0.05, 0) is 42.5 Å². The Balaban J connectivity index is 1.57. The van der Waals surface area contributed by atoms with Gasteiger partial charge in [0, 0.05) is 29.8 Å². The van der Waals surface area contributed by atoms with Gasteiger partial charge in [0.05, 0.1) is 11.8 Å². The van der Waals surface area contributed by atoms with Crippen LogP contribution in [-0.4, -0.2) is 16.4 Å². The summed E-state index contributed by atoms with van der Waals surface area (Å²) < 4.78 is 6.67. The molecule has 1 aliphatic carbocycles. The lowest BCUT2D eigenvalue weighted by atomic mass is 9.80. The minimum Gasteiger partial charge on any atom is -0.466 e. The summed E-state index contributed by atoms with van der Waals surface area (Å²) >= 11 is 6.32. The van der Waals surface area contributed by atoms with Gasteiger partial charge in [-0.25, -0.2) is 5.01 Å². The van der Waals surface area contributed by atoms with E-state index in [1.54, 1.807) is 0 Å². The molecule has 0 radical (unpaired) electrons. The summed E-state index contributed by atoms with van der Waals surface area (Å²) in [7, 11) is 0. The molecule has 2 aliphatic heterocycles. The number of rotatable bonds is 2. The molecule has 1 fully saturated rings. The van der Waals surface area contributed by atoms with E-state index in [4.69, 9.17) is 21.4 Å². The lowest BCUT2D eigenvalue weighted by Gasteiger charge is -2.50. The number of ether oxygens (including phenoxy) is 1. The molecule has 3 nitrogen and oxygen atoms in total. The SMILES string of the molecule is CCC1CCC2(CC1)Oc1ccc(Cl)cc1C1CC(c3ccccc3)=NN12. The second kappa shape index (κ2) is 6.56. The van der Waals surface area contributed by atoms with Crippen LogP contribution in [0.3, 0.4) is 0 Å². The molecule has 5 rings (SSSR count). The predicted molar refractivity (Wildman–Crippen MR) is 109 cm³/mol. The molecule has 3 aliphatic rings. The maximum absolute atomic E-state index is 6.67. The first-order chi connectivity index (χ1) is 13.2. The molecule has 0 saturated heterocycles. The fourth-order valence-electron chi connectivity index (χ4n) is 4.93. The summed E-state index contributed by atoms with van der Waals surface area (Å²) in [5.74, 6) is 1.80. The molecule has 0 amide bonds. The summed E-state index contributed by atoms with van der Waals surface area (Å²) in [5.41, 5.74) is 3.20. The molecule has 1 spiro atoms. The molecular formula is C23H25ClN2O. The van der Waals surface area contributed by atoms with E-state index in [1.807, 2.05) is 12.1 Å². The monoisotopic (exact) mass is 380 g/mol. The summed E-state index contributed by atoms with van der Waals surface area (Å²) in [4.78, 5) is 0. The van der Waals surface area contributed by atoms with Crippen molar-refractivity contribution in [2.24, 2.45) is 11.0 Å². The van der Waals surface area contributed by atoms with Crippen molar-refractivity contribution in [1.29, 1.82) is 0 Å². The van der Waals surface area contributed by atoms with Crippen LogP contribution in [0.15, 0.2) is 53.6 Å². The van der Waals surface area contributed by atoms with Crippen LogP contribution in [-0.2, 0) is 0 Å². The number of hydrazone groups is 1. The molecule has 0 bridgehead atoms. The number of hydrogen-bond acceptors (Lipinski definition) is 3. The number of nitrogens with zero attached hydrogens (tertiary/aromatic N) is 2. The molecule has 0 aromatic heterocycles. The summed E-state index contributed by atoms with van der Waals surface area (Å²) in [6, 6.07) is 16.8. The number of fused-ring (bicyclic) bond motifs is 4. The van der Waals surface area contributed by atoms with E-state index in [0.29, 0.717) is 0 Å². The summed E-state index contributed by atoms with van der Waals surface area (Å²) in [5, 5.41) is 8.16. The zero-order valence-corrected chi connectivity index (χ0v) is 16.5. The van der Waals surface area contributed by atoms with Gasteiger partial charge in [0.15, 0.2) is 5.72 Å². The Morgan fingerprint density at radius 2 is 1.93 bits per heavy atom. The van der Waals surface area contributed by atoms with E-state index in [1.165, 1.54) is 30.4 Å². The average molecular weight is 381 g/mol. The first-order valence-corrected chi connectivity index (χ1v) is 10.5. The molecule has 2 heterocycles. The largest absolute Gasteiger partial charge is 0.466 e. The minimum absolute atomic E-state index is 0.209. The van der Waals surface area contributed by atoms with Crippen molar-refractivity contribution in [3.05, 3.63) is 64.7 Å². The molecule has 140 valence electrons. The highest BCUT2D eigenvalue weighted by molar-refractivity contribution is 6.30. The molecular weight excluding hydrogens is 356 g/mol. The third kappa shape index (κ3) is 2.84. The standard InChI is InChI=1S/C23H25ClN2O/c1-2-16-10-12-23(13-11-16)26-21(19-14-18(24)8-9-22(19)27-23)15-20(25-26)17-6-4-3-5-7-17/h3-9,14,16,21H,2,10-13,15H2,1H3. The van der Waals surface area contributed by atoms with Crippen molar-refractivity contribution in [2.45, 2.75) is 57.2 Å². The van der Waals surface area contributed by atoms with Crippen LogP contribution >= 0.6 is 11.6 Å². The van der Waals surface area contributed by atoms with Gasteiger partial charge in [-0.2, -0.15) is 5.10 Å². The Morgan fingerprint density at radius 1 is 1.15 bits per heavy atom. The summed E-state index contributed by atoms with van der Waals surface area (Å²) in [6.07, 6.45) is 6.65. The van der Waals surface area contributed by atoms with Gasteiger partial charge in [0.2, 0.25) is 0 Å². The number of benzene rings is 2. The maximum atomic E-state index is 6.67. The molecule has 1 atom stereocenters. The van der Waals surface area contributed by atoms with Crippen LogP contribution in [0.1, 0.15) is 62.6 Å². The van der Waals surface area contributed by atoms with Crippen LogP contribution in [0.4, 0.5) is 0 Å². The van der Waals surface area contributed by atoms with E-state index >= 15 is 0 Å². The molecule has 27 heavy (non-hydrogen) atoms. The molecule has 1 saturated carbocycles. The minimum atomic E-state index is -0.312. The van der Waals surface area contributed by atoms with Gasteiger partial charge in [-0.1, -0.05) is 55.3 Å². The van der Waals surface area contributed by atoms with Gasteiger partial charge >= 0.3 is 0 Å². The van der Waals surface area contributed by atoms with E-state index in [0.717, 1.165) is 41.7 Å². The fourth-order valence-corrected chi connectivity index (χ4v) is 5.11. The fraction of sp³-hybridized carbons (Fsp3) is 0.435. The van der Waals surface area contributed by atoms with Gasteiger partial charge in [0.1, 0.15) is 5.75 Å². The first-order valence-electron chi connectivity index (χ1n) is 10.1. The van der Waals surface area contributed by atoms with E-state index < -0.39 is 0 Å². The Kier molecular flexibility index (Phi) is 4.16. The number of hydrogen-bond donors (Lipinski definition) is 0. The van der Waals surface area contributed by atoms with Gasteiger partial charge in [0.25, 0.3) is 0 Å². The molecule has 2 aromatic carbocycles. The third-order valence-corrected chi connectivity index (χ3v) is 6.76. The van der Waals surface area contributed by atoms with E-state index in [-0.39, 0.29) is 11.8 Å². The first kappa shape index (κ1) is 17.1. The average Bonchev–Trinajstić information content (AvgIpc) is 3.17. The van der Waals surface area contributed by atoms with Crippen molar-refractivity contribution in [1.82, 2.24) is 5.01 Å². The van der Waals surface area contributed by atoms with Crippen molar-refractivity contribution in [3.63, 3.8) is 0 Å². The van der Waals surface area contributed by atoms with Crippen molar-refractivity contribution in [2.75, 3.05) is 0 Å². The molecule has 2 aromatic rings. The third-order valence-electron chi connectivity index (χ3n) is 6.53. The predicted octanol–water partition coefficient (Wildman–Crippen LogP) is 6.18.